The molecule has 1 N–H and O–H groups in total. The molecule has 0 aromatic heterocycles. The zero-order valence-electron chi connectivity index (χ0n) is 9.41. The summed E-state index contributed by atoms with van der Waals surface area (Å²) in [5, 5.41) is 8.82. The summed E-state index contributed by atoms with van der Waals surface area (Å²) in [5.41, 5.74) is 0.390. The lowest BCUT2D eigenvalue weighted by Crippen LogP contribution is -2.51. The third-order valence-corrected chi connectivity index (χ3v) is 2.29. The molecule has 0 aliphatic heterocycles. The predicted octanol–water partition coefficient (Wildman–Crippen LogP) is 0.520. The van der Waals surface area contributed by atoms with Crippen LogP contribution in [0, 0.1) is 0 Å². The first-order chi connectivity index (χ1) is 6.31. The first-order valence-electron chi connectivity index (χ1n) is 4.61. The number of quaternary nitrogens is 1. The molecule has 82 valence electrons. The number of carbonyl (C=O) groups is 1. The lowest BCUT2D eigenvalue weighted by molar-refractivity contribution is -0.932. The SMILES string of the molecule is C=C(C)C(=O)OC(C)[N+](C)(C)CCO. The summed E-state index contributed by atoms with van der Waals surface area (Å²) in [6.45, 7) is 7.54. The third kappa shape index (κ3) is 3.89. The number of rotatable bonds is 5. The van der Waals surface area contributed by atoms with E-state index < -0.39 is 0 Å². The van der Waals surface area contributed by atoms with E-state index in [1.807, 2.05) is 14.1 Å². The Morgan fingerprint density at radius 3 is 2.43 bits per heavy atom. The molecule has 0 heterocycles. The highest BCUT2D eigenvalue weighted by Gasteiger charge is 2.26. The van der Waals surface area contributed by atoms with Gasteiger partial charge in [-0.3, -0.25) is 4.48 Å². The van der Waals surface area contributed by atoms with Crippen molar-refractivity contribution in [3.05, 3.63) is 12.2 Å². The number of nitrogens with zero attached hydrogens (tertiary/aromatic N) is 1. The quantitative estimate of drug-likeness (QED) is 0.306. The van der Waals surface area contributed by atoms with Gasteiger partial charge in [0.15, 0.2) is 0 Å². The Balaban J connectivity index is 4.26. The number of aliphatic hydroxyl groups is 1. The molecule has 0 fully saturated rings. The summed E-state index contributed by atoms with van der Waals surface area (Å²) in [7, 11) is 3.79. The Kier molecular flexibility index (Phi) is 4.80. The van der Waals surface area contributed by atoms with Crippen molar-refractivity contribution in [3.63, 3.8) is 0 Å². The second-order valence-electron chi connectivity index (χ2n) is 4.01. The van der Waals surface area contributed by atoms with Gasteiger partial charge >= 0.3 is 5.97 Å². The number of hydrogen-bond acceptors (Lipinski definition) is 3. The molecule has 4 nitrogen and oxygen atoms in total. The Morgan fingerprint density at radius 2 is 2.07 bits per heavy atom. The van der Waals surface area contributed by atoms with E-state index in [-0.39, 0.29) is 18.8 Å². The maximum Gasteiger partial charge on any atom is 0.337 e. The molecule has 0 saturated heterocycles. The maximum absolute atomic E-state index is 11.2. The molecule has 0 radical (unpaired) electrons. The van der Waals surface area contributed by atoms with Crippen LogP contribution in [0.2, 0.25) is 0 Å². The van der Waals surface area contributed by atoms with Gasteiger partial charge in [0.2, 0.25) is 6.23 Å². The van der Waals surface area contributed by atoms with E-state index >= 15 is 0 Å². The highest BCUT2D eigenvalue weighted by Crippen LogP contribution is 2.09. The lowest BCUT2D eigenvalue weighted by atomic mass is 10.3. The molecule has 0 rings (SSSR count). The molecule has 0 amide bonds. The first-order valence-corrected chi connectivity index (χ1v) is 4.61. The average Bonchev–Trinajstić information content (AvgIpc) is 2.03. The second kappa shape index (κ2) is 5.12. The fourth-order valence-corrected chi connectivity index (χ4v) is 0.838. The van der Waals surface area contributed by atoms with E-state index in [9.17, 15) is 4.79 Å². The molecular formula is C10H20NO3+. The predicted molar refractivity (Wildman–Crippen MR) is 54.4 cm³/mol. The third-order valence-electron chi connectivity index (χ3n) is 2.29. The zero-order valence-corrected chi connectivity index (χ0v) is 9.41. The van der Waals surface area contributed by atoms with Gasteiger partial charge in [-0.05, 0) is 6.92 Å². The van der Waals surface area contributed by atoms with Crippen molar-refractivity contribution >= 4 is 5.97 Å². The normalized spacial score (nSPS) is 13.5. The van der Waals surface area contributed by atoms with Crippen LogP contribution in [-0.2, 0) is 9.53 Å². The average molecular weight is 202 g/mol. The van der Waals surface area contributed by atoms with Gasteiger partial charge in [0.05, 0.1) is 20.7 Å². The van der Waals surface area contributed by atoms with Crippen LogP contribution >= 0.6 is 0 Å². The van der Waals surface area contributed by atoms with Gasteiger partial charge in [-0.15, -0.1) is 0 Å². The van der Waals surface area contributed by atoms with Crippen molar-refractivity contribution in [1.82, 2.24) is 0 Å². The van der Waals surface area contributed by atoms with E-state index in [0.717, 1.165) is 0 Å². The van der Waals surface area contributed by atoms with E-state index in [4.69, 9.17) is 9.84 Å². The molecule has 0 aromatic rings. The van der Waals surface area contributed by atoms with Gasteiger partial charge in [-0.2, -0.15) is 0 Å². The number of esters is 1. The van der Waals surface area contributed by atoms with Crippen molar-refractivity contribution < 1.29 is 19.1 Å². The molecule has 4 heteroatoms. The van der Waals surface area contributed by atoms with Crippen LogP contribution in [0.1, 0.15) is 13.8 Å². The summed E-state index contributed by atoms with van der Waals surface area (Å²) in [6, 6.07) is 0. The molecule has 0 spiro atoms. The van der Waals surface area contributed by atoms with Gasteiger partial charge in [-0.1, -0.05) is 6.58 Å². The van der Waals surface area contributed by atoms with Crippen LogP contribution in [0.5, 0.6) is 0 Å². The minimum atomic E-state index is -0.387. The van der Waals surface area contributed by atoms with E-state index in [0.29, 0.717) is 16.6 Å². The van der Waals surface area contributed by atoms with E-state index in [2.05, 4.69) is 6.58 Å². The van der Waals surface area contributed by atoms with E-state index in [1.54, 1.807) is 13.8 Å². The van der Waals surface area contributed by atoms with Gasteiger partial charge in [0, 0.05) is 12.5 Å². The van der Waals surface area contributed by atoms with Crippen molar-refractivity contribution in [2.24, 2.45) is 0 Å². The molecule has 1 atom stereocenters. The Labute approximate surface area is 85.4 Å². The Morgan fingerprint density at radius 1 is 1.57 bits per heavy atom. The van der Waals surface area contributed by atoms with E-state index in [1.165, 1.54) is 0 Å². The maximum atomic E-state index is 11.2. The smallest absolute Gasteiger partial charge is 0.337 e. The largest absolute Gasteiger partial charge is 0.409 e. The van der Waals surface area contributed by atoms with Crippen LogP contribution in [-0.4, -0.2) is 49.0 Å². The fraction of sp³-hybridized carbons (Fsp3) is 0.700. The monoisotopic (exact) mass is 202 g/mol. The second-order valence-corrected chi connectivity index (χ2v) is 4.01. The number of aliphatic hydroxyl groups excluding tert-OH is 1. The van der Waals surface area contributed by atoms with Crippen LogP contribution in [0.3, 0.4) is 0 Å². The highest BCUT2D eigenvalue weighted by molar-refractivity contribution is 5.86. The molecule has 0 saturated carbocycles. The molecule has 0 aromatic carbocycles. The van der Waals surface area contributed by atoms with Gasteiger partial charge < -0.3 is 9.84 Å². The number of likely N-dealkylation sites (N-methyl/N-ethyl adjacent to an activating group) is 1. The molecule has 0 aliphatic carbocycles. The number of hydrogen-bond donors (Lipinski definition) is 1. The van der Waals surface area contributed by atoms with Crippen LogP contribution < -0.4 is 0 Å². The minimum Gasteiger partial charge on any atom is -0.409 e. The molecule has 1 unspecified atom stereocenters. The number of carbonyl (C=O) groups excluding carboxylic acids is 1. The lowest BCUT2D eigenvalue weighted by Gasteiger charge is -2.34. The summed E-state index contributed by atoms with van der Waals surface area (Å²) >= 11 is 0. The summed E-state index contributed by atoms with van der Waals surface area (Å²) in [5.74, 6) is -0.387. The molecule has 0 bridgehead atoms. The van der Waals surface area contributed by atoms with Gasteiger partial charge in [0.1, 0.15) is 6.54 Å². The van der Waals surface area contributed by atoms with Crippen LogP contribution in [0.25, 0.3) is 0 Å². The highest BCUT2D eigenvalue weighted by atomic mass is 16.6. The minimum absolute atomic E-state index is 0.0714. The molecule has 14 heavy (non-hydrogen) atoms. The Bertz CT molecular complexity index is 223. The van der Waals surface area contributed by atoms with Gasteiger partial charge in [-0.25, -0.2) is 4.79 Å². The number of ether oxygens (including phenoxy) is 1. The summed E-state index contributed by atoms with van der Waals surface area (Å²) in [4.78, 5) is 11.2. The fourth-order valence-electron chi connectivity index (χ4n) is 0.838. The van der Waals surface area contributed by atoms with Crippen molar-refractivity contribution in [2.45, 2.75) is 20.1 Å². The summed E-state index contributed by atoms with van der Waals surface area (Å²) in [6.07, 6.45) is -0.286. The first kappa shape index (κ1) is 13.1. The summed E-state index contributed by atoms with van der Waals surface area (Å²) < 4.78 is 5.59. The van der Waals surface area contributed by atoms with Crippen molar-refractivity contribution in [2.75, 3.05) is 27.2 Å². The molecular weight excluding hydrogens is 182 g/mol. The molecule has 0 aliphatic rings. The van der Waals surface area contributed by atoms with Crippen molar-refractivity contribution in [3.8, 4) is 0 Å². The standard InChI is InChI=1S/C10H20NO3/c1-8(2)10(13)14-9(3)11(4,5)6-7-12/h9,12H,1,6-7H2,2-5H3/q+1. The van der Waals surface area contributed by atoms with Gasteiger partial charge in [0.25, 0.3) is 0 Å². The van der Waals surface area contributed by atoms with Crippen LogP contribution in [0.15, 0.2) is 12.2 Å². The Hall–Kier alpha value is -0.870. The van der Waals surface area contributed by atoms with Crippen LogP contribution in [0.4, 0.5) is 0 Å². The zero-order chi connectivity index (χ0) is 11.4. The topological polar surface area (TPSA) is 46.5 Å². The van der Waals surface area contributed by atoms with Crippen molar-refractivity contribution in [1.29, 1.82) is 0 Å².